The van der Waals surface area contributed by atoms with E-state index >= 15 is 0 Å². The van der Waals surface area contributed by atoms with Crippen LogP contribution >= 0.6 is 11.8 Å². The maximum atomic E-state index is 12.0. The Bertz CT molecular complexity index is 522. The van der Waals surface area contributed by atoms with Gasteiger partial charge in [-0.15, -0.1) is 11.8 Å². The van der Waals surface area contributed by atoms with Crippen LogP contribution in [0, 0.1) is 17.2 Å². The third kappa shape index (κ3) is 3.88. The fourth-order valence-electron chi connectivity index (χ4n) is 2.22. The summed E-state index contributed by atoms with van der Waals surface area (Å²) >= 11 is 1.70. The Labute approximate surface area is 124 Å². The van der Waals surface area contributed by atoms with E-state index in [1.165, 1.54) is 4.90 Å². The van der Waals surface area contributed by atoms with Crippen molar-refractivity contribution in [2.24, 2.45) is 5.92 Å². The van der Waals surface area contributed by atoms with Gasteiger partial charge < -0.3 is 4.90 Å². The third-order valence-corrected chi connectivity index (χ3v) is 4.27. The Kier molecular flexibility index (Phi) is 5.25. The van der Waals surface area contributed by atoms with Crippen molar-refractivity contribution in [2.45, 2.75) is 17.7 Å². The summed E-state index contributed by atoms with van der Waals surface area (Å²) in [6.45, 7) is 1.37. The van der Waals surface area contributed by atoms with E-state index in [9.17, 15) is 4.79 Å². The van der Waals surface area contributed by atoms with Gasteiger partial charge >= 0.3 is 0 Å². The Hall–Kier alpha value is -1.73. The molecule has 0 aromatic heterocycles. The average molecular weight is 286 g/mol. The van der Waals surface area contributed by atoms with E-state index in [4.69, 9.17) is 5.26 Å². The number of hydrogen-bond acceptors (Lipinski definition) is 3. The molecule has 1 aliphatic heterocycles. The highest BCUT2D eigenvalue weighted by Gasteiger charge is 2.20. The van der Waals surface area contributed by atoms with Crippen LogP contribution in [0.2, 0.25) is 0 Å². The first-order valence-electron chi connectivity index (χ1n) is 6.73. The smallest absolute Gasteiger partial charge is 0.246 e. The quantitative estimate of drug-likeness (QED) is 0.633. The van der Waals surface area contributed by atoms with Crippen molar-refractivity contribution >= 4 is 23.7 Å². The number of nitriles is 1. The van der Waals surface area contributed by atoms with Gasteiger partial charge in [-0.3, -0.25) is 4.79 Å². The van der Waals surface area contributed by atoms with Gasteiger partial charge in [0.25, 0.3) is 0 Å². The van der Waals surface area contributed by atoms with Gasteiger partial charge in [0, 0.05) is 30.0 Å². The molecule has 0 atom stereocenters. The highest BCUT2D eigenvalue weighted by Crippen LogP contribution is 2.17. The van der Waals surface area contributed by atoms with Crippen molar-refractivity contribution in [3.8, 4) is 6.07 Å². The summed E-state index contributed by atoms with van der Waals surface area (Å²) in [5, 5.41) is 8.84. The zero-order valence-corrected chi connectivity index (χ0v) is 12.4. The predicted octanol–water partition coefficient (Wildman–Crippen LogP) is 3.18. The highest BCUT2D eigenvalue weighted by atomic mass is 32.2. The van der Waals surface area contributed by atoms with Crippen molar-refractivity contribution in [1.29, 1.82) is 5.26 Å². The number of thioether (sulfide) groups is 1. The SMILES string of the molecule is CSc1ccc(C=CC(=O)N2CCC(C#N)CC2)cc1. The lowest BCUT2D eigenvalue weighted by atomic mass is 9.98. The van der Waals surface area contributed by atoms with Crippen molar-refractivity contribution in [1.82, 2.24) is 4.90 Å². The van der Waals surface area contributed by atoms with Gasteiger partial charge in [-0.25, -0.2) is 0 Å². The van der Waals surface area contributed by atoms with E-state index in [2.05, 4.69) is 6.07 Å². The molecule has 1 fully saturated rings. The number of likely N-dealkylation sites (tertiary alicyclic amines) is 1. The molecule has 1 saturated heterocycles. The largest absolute Gasteiger partial charge is 0.339 e. The minimum atomic E-state index is 0.0373. The van der Waals surface area contributed by atoms with Gasteiger partial charge in [0.15, 0.2) is 0 Å². The molecule has 20 heavy (non-hydrogen) atoms. The Morgan fingerprint density at radius 3 is 2.55 bits per heavy atom. The maximum Gasteiger partial charge on any atom is 0.246 e. The van der Waals surface area contributed by atoms with E-state index in [1.54, 1.807) is 17.8 Å². The summed E-state index contributed by atoms with van der Waals surface area (Å²) in [6.07, 6.45) is 7.10. The number of carbonyl (C=O) groups excluding carboxylic acids is 1. The fourth-order valence-corrected chi connectivity index (χ4v) is 2.63. The van der Waals surface area contributed by atoms with E-state index in [1.807, 2.05) is 41.5 Å². The molecule has 3 nitrogen and oxygen atoms in total. The van der Waals surface area contributed by atoms with E-state index in [0.717, 1.165) is 18.4 Å². The molecule has 1 aliphatic rings. The molecule has 0 radical (unpaired) electrons. The molecule has 0 spiro atoms. The van der Waals surface area contributed by atoms with Crippen LogP contribution < -0.4 is 0 Å². The molecular weight excluding hydrogens is 268 g/mol. The predicted molar refractivity (Wildman–Crippen MR) is 82.2 cm³/mol. The van der Waals surface area contributed by atoms with Crippen LogP contribution in [0.1, 0.15) is 18.4 Å². The number of hydrogen-bond donors (Lipinski definition) is 0. The molecule has 1 amide bonds. The first kappa shape index (κ1) is 14.7. The molecule has 0 bridgehead atoms. The van der Waals surface area contributed by atoms with Gasteiger partial charge in [0.1, 0.15) is 0 Å². The summed E-state index contributed by atoms with van der Waals surface area (Å²) in [4.78, 5) is 15.1. The van der Waals surface area contributed by atoms with Gasteiger partial charge in [-0.2, -0.15) is 5.26 Å². The molecule has 104 valence electrons. The van der Waals surface area contributed by atoms with E-state index in [0.29, 0.717) is 13.1 Å². The second-order valence-electron chi connectivity index (χ2n) is 4.84. The Balaban J connectivity index is 1.90. The van der Waals surface area contributed by atoms with Crippen LogP contribution in [0.4, 0.5) is 0 Å². The lowest BCUT2D eigenvalue weighted by Gasteiger charge is -2.28. The molecular formula is C16H18N2OS. The van der Waals surface area contributed by atoms with Crippen LogP contribution in [-0.2, 0) is 4.79 Å². The van der Waals surface area contributed by atoms with Crippen molar-refractivity contribution < 1.29 is 4.79 Å². The highest BCUT2D eigenvalue weighted by molar-refractivity contribution is 7.98. The average Bonchev–Trinajstić information content (AvgIpc) is 2.53. The van der Waals surface area contributed by atoms with Crippen molar-refractivity contribution in [2.75, 3.05) is 19.3 Å². The Morgan fingerprint density at radius 2 is 2.00 bits per heavy atom. The van der Waals surface area contributed by atoms with Gasteiger partial charge in [-0.05, 0) is 42.9 Å². The van der Waals surface area contributed by atoms with Gasteiger partial charge in [-0.1, -0.05) is 12.1 Å². The van der Waals surface area contributed by atoms with Crippen LogP contribution in [0.5, 0.6) is 0 Å². The second kappa shape index (κ2) is 7.16. The molecule has 0 unspecified atom stereocenters. The van der Waals surface area contributed by atoms with Crippen molar-refractivity contribution in [3.63, 3.8) is 0 Å². The molecule has 1 aromatic rings. The minimum Gasteiger partial charge on any atom is -0.339 e. The van der Waals surface area contributed by atoms with Crippen LogP contribution in [0.25, 0.3) is 6.08 Å². The van der Waals surface area contributed by atoms with Gasteiger partial charge in [0.05, 0.1) is 6.07 Å². The van der Waals surface area contributed by atoms with Crippen LogP contribution in [0.15, 0.2) is 35.2 Å². The van der Waals surface area contributed by atoms with Gasteiger partial charge in [0.2, 0.25) is 5.91 Å². The maximum absolute atomic E-state index is 12.0. The number of nitrogens with zero attached hydrogens (tertiary/aromatic N) is 2. The normalized spacial score (nSPS) is 16.3. The Morgan fingerprint density at radius 1 is 1.35 bits per heavy atom. The molecule has 0 aliphatic carbocycles. The third-order valence-electron chi connectivity index (χ3n) is 3.52. The first-order valence-corrected chi connectivity index (χ1v) is 7.96. The van der Waals surface area contributed by atoms with E-state index in [-0.39, 0.29) is 11.8 Å². The summed E-state index contributed by atoms with van der Waals surface area (Å²) in [5.74, 6) is 0.150. The monoisotopic (exact) mass is 286 g/mol. The summed E-state index contributed by atoms with van der Waals surface area (Å²) in [6, 6.07) is 10.4. The zero-order valence-electron chi connectivity index (χ0n) is 11.6. The number of carbonyl (C=O) groups is 1. The lowest BCUT2D eigenvalue weighted by molar-refractivity contribution is -0.127. The van der Waals surface area contributed by atoms with Crippen LogP contribution in [0.3, 0.4) is 0 Å². The number of rotatable bonds is 3. The second-order valence-corrected chi connectivity index (χ2v) is 5.71. The summed E-state index contributed by atoms with van der Waals surface area (Å²) in [5.41, 5.74) is 1.03. The van der Waals surface area contributed by atoms with Crippen LogP contribution in [-0.4, -0.2) is 30.2 Å². The molecule has 0 N–H and O–H groups in total. The lowest BCUT2D eigenvalue weighted by Crippen LogP contribution is -2.37. The molecule has 4 heteroatoms. The van der Waals surface area contributed by atoms with Crippen molar-refractivity contribution in [3.05, 3.63) is 35.9 Å². The standard InChI is InChI=1S/C16H18N2OS/c1-20-15-5-2-13(3-6-15)4-7-16(19)18-10-8-14(12-17)9-11-18/h2-7,14H,8-11H2,1H3. The fraction of sp³-hybridized carbons (Fsp3) is 0.375. The summed E-state index contributed by atoms with van der Waals surface area (Å²) in [7, 11) is 0. The summed E-state index contributed by atoms with van der Waals surface area (Å²) < 4.78 is 0. The number of amides is 1. The molecule has 1 aromatic carbocycles. The minimum absolute atomic E-state index is 0.0373. The number of piperidine rings is 1. The molecule has 0 saturated carbocycles. The molecule has 2 rings (SSSR count). The van der Waals surface area contributed by atoms with E-state index < -0.39 is 0 Å². The first-order chi connectivity index (χ1) is 9.72. The number of benzene rings is 1. The molecule has 1 heterocycles. The zero-order chi connectivity index (χ0) is 14.4. The topological polar surface area (TPSA) is 44.1 Å².